The van der Waals surface area contributed by atoms with Gasteiger partial charge in [-0.25, -0.2) is 9.37 Å². The zero-order valence-corrected chi connectivity index (χ0v) is 19.8. The second-order valence-electron chi connectivity index (χ2n) is 7.98. The Hall–Kier alpha value is -3.58. The molecule has 0 bridgehead atoms. The first-order chi connectivity index (χ1) is 16.9. The highest BCUT2D eigenvalue weighted by Crippen LogP contribution is 2.39. The number of aliphatic hydroxyl groups excluding tert-OH is 1. The van der Waals surface area contributed by atoms with Crippen LogP contribution in [0.4, 0.5) is 29.1 Å². The summed E-state index contributed by atoms with van der Waals surface area (Å²) in [6.07, 6.45) is -8.74. The number of aromatic nitrogens is 3. The van der Waals surface area contributed by atoms with Crippen LogP contribution in [0, 0.1) is 12.7 Å². The molecule has 0 fully saturated rings. The largest absolute Gasteiger partial charge is 0.481 e. The molecule has 3 heterocycles. The van der Waals surface area contributed by atoms with Gasteiger partial charge in [0.1, 0.15) is 16.7 Å². The van der Waals surface area contributed by atoms with Crippen molar-refractivity contribution in [2.75, 3.05) is 23.9 Å². The predicted octanol–water partition coefficient (Wildman–Crippen LogP) is 4.36. The van der Waals surface area contributed by atoms with Crippen LogP contribution < -0.4 is 19.7 Å². The number of aromatic amines is 1. The minimum absolute atomic E-state index is 0.00336. The van der Waals surface area contributed by atoms with E-state index in [1.807, 2.05) is 0 Å². The lowest BCUT2D eigenvalue weighted by Crippen LogP contribution is -2.36. The first-order valence-electron chi connectivity index (χ1n) is 10.5. The number of rotatable bonds is 6. The van der Waals surface area contributed by atoms with Crippen molar-refractivity contribution in [3.05, 3.63) is 46.5 Å². The van der Waals surface area contributed by atoms with Crippen LogP contribution >= 0.6 is 11.6 Å². The summed E-state index contributed by atoms with van der Waals surface area (Å²) in [4.78, 5) is 17.4. The molecule has 0 spiro atoms. The molecule has 192 valence electrons. The molecule has 1 amide bonds. The Morgan fingerprint density at radius 2 is 2.06 bits per heavy atom. The lowest BCUT2D eigenvalue weighted by molar-refractivity contribution is -0.189. The Bertz CT molecular complexity index is 1300. The molecule has 9 nitrogen and oxygen atoms in total. The molecule has 2 atom stereocenters. The van der Waals surface area contributed by atoms with Gasteiger partial charge in [0.15, 0.2) is 30.5 Å². The number of benzene rings is 1. The number of carbonyl (C=O) groups is 1. The SMILES string of the molecule is Cc1n[nH]c(Cl)c1NC(O)c1cc(F)c(-c2ccc3c(n2)N(C)C(=O)CO3)cc1O[C@@H](C)C(F)(F)F. The zero-order valence-electron chi connectivity index (χ0n) is 19.1. The average molecular weight is 530 g/mol. The highest BCUT2D eigenvalue weighted by molar-refractivity contribution is 6.32. The number of alkyl halides is 3. The molecule has 36 heavy (non-hydrogen) atoms. The Morgan fingerprint density at radius 3 is 2.69 bits per heavy atom. The number of pyridine rings is 1. The lowest BCUT2D eigenvalue weighted by atomic mass is 10.0. The minimum atomic E-state index is -4.74. The van der Waals surface area contributed by atoms with Gasteiger partial charge in [-0.1, -0.05) is 11.6 Å². The number of fused-ring (bicyclic) bond motifs is 1. The molecule has 14 heteroatoms. The summed E-state index contributed by atoms with van der Waals surface area (Å²) >= 11 is 5.99. The van der Waals surface area contributed by atoms with E-state index in [4.69, 9.17) is 21.1 Å². The molecule has 2 aromatic heterocycles. The third-order valence-electron chi connectivity index (χ3n) is 5.50. The second-order valence-corrected chi connectivity index (χ2v) is 8.35. The number of aryl methyl sites for hydroxylation is 1. The smallest absolute Gasteiger partial charge is 0.425 e. The van der Waals surface area contributed by atoms with Crippen LogP contribution in [-0.4, -0.2) is 52.1 Å². The fourth-order valence-corrected chi connectivity index (χ4v) is 3.65. The normalized spacial score (nSPS) is 15.2. The number of aliphatic hydroxyl groups is 1. The fourth-order valence-electron chi connectivity index (χ4n) is 3.42. The summed E-state index contributed by atoms with van der Waals surface area (Å²) in [7, 11) is 1.46. The molecular formula is C22H20ClF4N5O4. The summed E-state index contributed by atoms with van der Waals surface area (Å²) in [6, 6.07) is 4.69. The number of amides is 1. The van der Waals surface area contributed by atoms with Crippen LogP contribution in [0.25, 0.3) is 11.3 Å². The molecular weight excluding hydrogens is 510 g/mol. The maximum absolute atomic E-state index is 15.3. The Morgan fingerprint density at radius 1 is 1.33 bits per heavy atom. The Kier molecular flexibility index (Phi) is 6.71. The van der Waals surface area contributed by atoms with E-state index in [2.05, 4.69) is 20.5 Å². The van der Waals surface area contributed by atoms with Crippen LogP contribution in [0.1, 0.15) is 24.4 Å². The minimum Gasteiger partial charge on any atom is -0.481 e. The van der Waals surface area contributed by atoms with E-state index in [0.717, 1.165) is 19.1 Å². The van der Waals surface area contributed by atoms with Gasteiger partial charge in [0.2, 0.25) is 0 Å². The van der Waals surface area contributed by atoms with Gasteiger partial charge in [0.05, 0.1) is 17.1 Å². The van der Waals surface area contributed by atoms with Crippen molar-refractivity contribution >= 4 is 29.0 Å². The molecule has 0 aliphatic carbocycles. The molecule has 0 saturated heterocycles. The standard InChI is InChI=1S/C22H20ClF4N5O4/c1-9-18(19(23)31-30-9)29-21(34)12-6-13(24)11(7-16(12)36-10(2)22(25,26)27)14-4-5-15-20(28-14)32(3)17(33)8-35-15/h4-7,10,21,29,34H,8H2,1-3H3,(H,30,31)/t10-,21?/m0/s1. The van der Waals surface area contributed by atoms with Gasteiger partial charge >= 0.3 is 6.18 Å². The van der Waals surface area contributed by atoms with Gasteiger partial charge in [0.25, 0.3) is 5.91 Å². The molecule has 1 unspecified atom stereocenters. The third kappa shape index (κ3) is 4.88. The third-order valence-corrected chi connectivity index (χ3v) is 5.77. The topological polar surface area (TPSA) is 113 Å². The number of anilines is 2. The van der Waals surface area contributed by atoms with Crippen molar-refractivity contribution in [1.29, 1.82) is 0 Å². The van der Waals surface area contributed by atoms with E-state index in [9.17, 15) is 23.1 Å². The van der Waals surface area contributed by atoms with Gasteiger partial charge in [-0.05, 0) is 38.1 Å². The predicted molar refractivity (Wildman–Crippen MR) is 122 cm³/mol. The monoisotopic (exact) mass is 529 g/mol. The number of hydrogen-bond donors (Lipinski definition) is 3. The molecule has 4 rings (SSSR count). The van der Waals surface area contributed by atoms with Crippen molar-refractivity contribution in [2.45, 2.75) is 32.4 Å². The highest BCUT2D eigenvalue weighted by Gasteiger charge is 2.39. The van der Waals surface area contributed by atoms with Crippen LogP contribution in [0.15, 0.2) is 24.3 Å². The second kappa shape index (κ2) is 9.47. The first kappa shape index (κ1) is 25.5. The van der Waals surface area contributed by atoms with E-state index in [1.165, 1.54) is 24.1 Å². The number of carbonyl (C=O) groups excluding carboxylic acids is 1. The van der Waals surface area contributed by atoms with Gasteiger partial charge in [-0.15, -0.1) is 0 Å². The quantitative estimate of drug-likeness (QED) is 0.321. The molecule has 3 N–H and O–H groups in total. The summed E-state index contributed by atoms with van der Waals surface area (Å²) in [5.74, 6) is -1.34. The molecule has 1 aromatic carbocycles. The number of H-pyrrole nitrogens is 1. The molecule has 0 saturated carbocycles. The van der Waals surface area contributed by atoms with Gasteiger partial charge < -0.3 is 19.9 Å². The lowest BCUT2D eigenvalue weighted by Gasteiger charge is -2.25. The molecule has 0 radical (unpaired) electrons. The van der Waals surface area contributed by atoms with Crippen molar-refractivity contribution in [3.8, 4) is 22.8 Å². The van der Waals surface area contributed by atoms with E-state index in [1.54, 1.807) is 6.92 Å². The van der Waals surface area contributed by atoms with Crippen molar-refractivity contribution in [2.24, 2.45) is 0 Å². The molecule has 1 aliphatic rings. The summed E-state index contributed by atoms with van der Waals surface area (Å²) in [6.45, 7) is 2.15. The van der Waals surface area contributed by atoms with Crippen LogP contribution in [0.5, 0.6) is 11.5 Å². The van der Waals surface area contributed by atoms with E-state index in [-0.39, 0.29) is 51.7 Å². The maximum Gasteiger partial charge on any atom is 0.425 e. The number of nitrogens with one attached hydrogen (secondary N) is 2. The van der Waals surface area contributed by atoms with E-state index >= 15 is 4.39 Å². The van der Waals surface area contributed by atoms with Crippen LogP contribution in [-0.2, 0) is 4.79 Å². The molecule has 3 aromatic rings. The fraction of sp³-hybridized carbons (Fsp3) is 0.318. The van der Waals surface area contributed by atoms with Crippen LogP contribution in [0.3, 0.4) is 0 Å². The number of hydrogen-bond acceptors (Lipinski definition) is 7. The summed E-state index contributed by atoms with van der Waals surface area (Å²) < 4.78 is 65.5. The Labute approximate surface area is 207 Å². The highest BCUT2D eigenvalue weighted by atomic mass is 35.5. The maximum atomic E-state index is 15.3. The Balaban J connectivity index is 1.78. The number of likely N-dealkylation sites (N-methyl/N-ethyl adjacent to an activating group) is 1. The first-order valence-corrected chi connectivity index (χ1v) is 10.9. The zero-order chi connectivity index (χ0) is 26.4. The molecule has 1 aliphatic heterocycles. The summed E-state index contributed by atoms with van der Waals surface area (Å²) in [5.41, 5.74) is -0.00254. The average Bonchev–Trinajstić information content (AvgIpc) is 3.13. The van der Waals surface area contributed by atoms with Gasteiger partial charge in [0, 0.05) is 18.2 Å². The summed E-state index contributed by atoms with van der Waals surface area (Å²) in [5, 5.41) is 19.7. The van der Waals surface area contributed by atoms with Crippen molar-refractivity contribution < 1.29 is 36.9 Å². The van der Waals surface area contributed by atoms with Crippen LogP contribution in [0.2, 0.25) is 5.15 Å². The number of halogens is 5. The van der Waals surface area contributed by atoms with Gasteiger partial charge in [-0.2, -0.15) is 18.3 Å². The van der Waals surface area contributed by atoms with E-state index < -0.39 is 30.1 Å². The number of ether oxygens (including phenoxy) is 2. The van der Waals surface area contributed by atoms with Gasteiger partial charge in [-0.3, -0.25) is 14.8 Å². The number of nitrogens with zero attached hydrogens (tertiary/aromatic N) is 3. The van der Waals surface area contributed by atoms with Crippen molar-refractivity contribution in [3.63, 3.8) is 0 Å². The van der Waals surface area contributed by atoms with E-state index in [0.29, 0.717) is 5.69 Å². The van der Waals surface area contributed by atoms with Crippen molar-refractivity contribution in [1.82, 2.24) is 15.2 Å².